The molecule has 1 saturated heterocycles. The highest BCUT2D eigenvalue weighted by atomic mass is 16.3. The van der Waals surface area contributed by atoms with Crippen LogP contribution in [0.1, 0.15) is 24.3 Å². The number of carbonyl (C=O) groups is 2. The van der Waals surface area contributed by atoms with Gasteiger partial charge in [-0.15, -0.1) is 0 Å². The first-order valence-electron chi connectivity index (χ1n) is 8.82. The highest BCUT2D eigenvalue weighted by molar-refractivity contribution is 5.84. The molecule has 0 bridgehead atoms. The van der Waals surface area contributed by atoms with E-state index in [1.54, 1.807) is 24.3 Å². The molecule has 0 aromatic heterocycles. The Morgan fingerprint density at radius 2 is 1.96 bits per heavy atom. The average molecular weight is 357 g/mol. The number of aliphatic hydroxyl groups excluding tert-OH is 1. The minimum Gasteiger partial charge on any atom is -0.395 e. The Kier molecular flexibility index (Phi) is 5.25. The average Bonchev–Trinajstić information content (AvgIpc) is 3.44. The molecule has 2 amide bonds. The van der Waals surface area contributed by atoms with Crippen LogP contribution in [0.15, 0.2) is 30.3 Å². The summed E-state index contributed by atoms with van der Waals surface area (Å²) in [5, 5.41) is 31.8. The SMILES string of the molecule is N#CC(C(=O)N1CC(O)(CNC(=O)C(CO)c2ccccc2)C1)C1CC1. The van der Waals surface area contributed by atoms with E-state index in [1.165, 1.54) is 4.90 Å². The van der Waals surface area contributed by atoms with E-state index in [9.17, 15) is 19.8 Å². The van der Waals surface area contributed by atoms with Crippen LogP contribution in [0.3, 0.4) is 0 Å². The summed E-state index contributed by atoms with van der Waals surface area (Å²) in [4.78, 5) is 26.1. The first-order valence-corrected chi connectivity index (χ1v) is 8.82. The number of nitriles is 1. The van der Waals surface area contributed by atoms with Crippen molar-refractivity contribution in [3.8, 4) is 6.07 Å². The number of nitrogens with one attached hydrogen (secondary N) is 1. The van der Waals surface area contributed by atoms with E-state index in [2.05, 4.69) is 11.4 Å². The summed E-state index contributed by atoms with van der Waals surface area (Å²) in [6, 6.07) is 11.0. The summed E-state index contributed by atoms with van der Waals surface area (Å²) in [6.45, 7) is -0.123. The molecule has 1 aliphatic heterocycles. The molecule has 1 saturated carbocycles. The Morgan fingerprint density at radius 1 is 1.31 bits per heavy atom. The van der Waals surface area contributed by atoms with Crippen molar-refractivity contribution in [3.05, 3.63) is 35.9 Å². The summed E-state index contributed by atoms with van der Waals surface area (Å²) in [5.74, 6) is -1.77. The molecule has 3 rings (SSSR count). The topological polar surface area (TPSA) is 114 Å². The molecule has 3 N–H and O–H groups in total. The highest BCUT2D eigenvalue weighted by Crippen LogP contribution is 2.38. The number of hydrogen-bond acceptors (Lipinski definition) is 5. The van der Waals surface area contributed by atoms with Gasteiger partial charge in [-0.05, 0) is 24.3 Å². The van der Waals surface area contributed by atoms with E-state index in [-0.39, 0.29) is 44.0 Å². The van der Waals surface area contributed by atoms with E-state index >= 15 is 0 Å². The second kappa shape index (κ2) is 7.44. The lowest BCUT2D eigenvalue weighted by atomic mass is 9.90. The van der Waals surface area contributed by atoms with Crippen LogP contribution in [0, 0.1) is 23.2 Å². The molecule has 138 valence electrons. The largest absolute Gasteiger partial charge is 0.395 e. The fourth-order valence-corrected chi connectivity index (χ4v) is 3.32. The minimum atomic E-state index is -1.19. The molecule has 1 aliphatic carbocycles. The van der Waals surface area contributed by atoms with E-state index in [1.807, 2.05) is 6.07 Å². The molecule has 7 heteroatoms. The van der Waals surface area contributed by atoms with E-state index in [0.29, 0.717) is 5.56 Å². The van der Waals surface area contributed by atoms with Crippen LogP contribution in [-0.2, 0) is 9.59 Å². The maximum Gasteiger partial charge on any atom is 0.240 e. The Hall–Kier alpha value is -2.43. The maximum absolute atomic E-state index is 12.3. The number of rotatable bonds is 7. The van der Waals surface area contributed by atoms with Crippen molar-refractivity contribution in [1.29, 1.82) is 5.26 Å². The molecule has 7 nitrogen and oxygen atoms in total. The second-order valence-corrected chi connectivity index (χ2v) is 7.23. The number of nitrogens with zero attached hydrogens (tertiary/aromatic N) is 2. The van der Waals surface area contributed by atoms with E-state index in [0.717, 1.165) is 12.8 Å². The van der Waals surface area contributed by atoms with Gasteiger partial charge in [0.2, 0.25) is 11.8 Å². The van der Waals surface area contributed by atoms with Gasteiger partial charge in [0.15, 0.2) is 0 Å². The number of benzene rings is 1. The lowest BCUT2D eigenvalue weighted by Crippen LogP contribution is -2.68. The number of likely N-dealkylation sites (tertiary alicyclic amines) is 1. The maximum atomic E-state index is 12.3. The third-order valence-electron chi connectivity index (χ3n) is 5.07. The Balaban J connectivity index is 1.50. The van der Waals surface area contributed by atoms with Crippen molar-refractivity contribution in [3.63, 3.8) is 0 Å². The molecular weight excluding hydrogens is 334 g/mol. The number of carbonyl (C=O) groups excluding carboxylic acids is 2. The van der Waals surface area contributed by atoms with Crippen molar-refractivity contribution >= 4 is 11.8 Å². The van der Waals surface area contributed by atoms with Crippen LogP contribution >= 0.6 is 0 Å². The van der Waals surface area contributed by atoms with Crippen LogP contribution in [0.2, 0.25) is 0 Å². The fraction of sp³-hybridized carbons (Fsp3) is 0.526. The zero-order valence-electron chi connectivity index (χ0n) is 14.5. The quantitative estimate of drug-likeness (QED) is 0.636. The van der Waals surface area contributed by atoms with Crippen LogP contribution < -0.4 is 5.32 Å². The normalized spacial score (nSPS) is 20.4. The van der Waals surface area contributed by atoms with Crippen molar-refractivity contribution < 1.29 is 19.8 Å². The van der Waals surface area contributed by atoms with Gasteiger partial charge in [-0.1, -0.05) is 30.3 Å². The predicted molar refractivity (Wildman–Crippen MR) is 92.6 cm³/mol. The Labute approximate surface area is 152 Å². The van der Waals surface area contributed by atoms with E-state index in [4.69, 9.17) is 5.26 Å². The second-order valence-electron chi connectivity index (χ2n) is 7.23. The summed E-state index contributed by atoms with van der Waals surface area (Å²) >= 11 is 0. The van der Waals surface area contributed by atoms with Gasteiger partial charge in [0.05, 0.1) is 31.7 Å². The zero-order chi connectivity index (χ0) is 18.7. The van der Waals surface area contributed by atoms with Gasteiger partial charge in [-0.2, -0.15) is 5.26 Å². The summed E-state index contributed by atoms with van der Waals surface area (Å²) in [6.07, 6.45) is 1.81. The van der Waals surface area contributed by atoms with Crippen LogP contribution in [0.5, 0.6) is 0 Å². The van der Waals surface area contributed by atoms with Gasteiger partial charge in [0, 0.05) is 6.54 Å². The molecule has 1 aromatic carbocycles. The van der Waals surface area contributed by atoms with Gasteiger partial charge in [-0.25, -0.2) is 0 Å². The third kappa shape index (κ3) is 3.87. The van der Waals surface area contributed by atoms with Crippen molar-refractivity contribution in [2.45, 2.75) is 24.4 Å². The van der Waals surface area contributed by atoms with Crippen LogP contribution in [-0.4, -0.2) is 58.8 Å². The molecule has 0 spiro atoms. The first-order chi connectivity index (χ1) is 12.5. The molecule has 2 atom stereocenters. The van der Waals surface area contributed by atoms with Crippen molar-refractivity contribution in [1.82, 2.24) is 10.2 Å². The third-order valence-corrected chi connectivity index (χ3v) is 5.07. The zero-order valence-corrected chi connectivity index (χ0v) is 14.5. The Bertz CT molecular complexity index is 705. The number of β-amino-alcohol motifs (C(OH)–C–C–N with tert-alkyl or cyclic N) is 1. The van der Waals surface area contributed by atoms with Gasteiger partial charge < -0.3 is 20.4 Å². The first kappa shape index (κ1) is 18.4. The predicted octanol–water partition coefficient (Wildman–Crippen LogP) is 0.00178. The molecule has 2 aliphatic rings. The van der Waals surface area contributed by atoms with Gasteiger partial charge >= 0.3 is 0 Å². The van der Waals surface area contributed by atoms with E-state index < -0.39 is 17.4 Å². The molecule has 2 unspecified atom stereocenters. The number of amides is 2. The molecule has 26 heavy (non-hydrogen) atoms. The van der Waals surface area contributed by atoms with Crippen molar-refractivity contribution in [2.75, 3.05) is 26.2 Å². The van der Waals surface area contributed by atoms with Crippen molar-refractivity contribution in [2.24, 2.45) is 11.8 Å². The van der Waals surface area contributed by atoms with Gasteiger partial charge in [-0.3, -0.25) is 9.59 Å². The smallest absolute Gasteiger partial charge is 0.240 e. The molecule has 1 heterocycles. The summed E-state index contributed by atoms with van der Waals surface area (Å²) < 4.78 is 0. The lowest BCUT2D eigenvalue weighted by molar-refractivity contribution is -0.158. The fourth-order valence-electron chi connectivity index (χ4n) is 3.32. The van der Waals surface area contributed by atoms with Gasteiger partial charge in [0.25, 0.3) is 0 Å². The summed E-state index contributed by atoms with van der Waals surface area (Å²) in [5.41, 5.74) is -0.489. The molecule has 1 aromatic rings. The lowest BCUT2D eigenvalue weighted by Gasteiger charge is -2.47. The molecule has 0 radical (unpaired) electrons. The standard InChI is InChI=1S/C19H23N3O4/c20-8-15(14-6-7-14)18(25)22-11-19(26,12-22)10-21-17(24)16(9-23)13-4-2-1-3-5-13/h1-5,14-16,23,26H,6-7,9-12H2,(H,21,24). The highest BCUT2D eigenvalue weighted by Gasteiger charge is 2.48. The molecule has 2 fully saturated rings. The number of aliphatic hydroxyl groups is 2. The molecular formula is C19H23N3O4. The monoisotopic (exact) mass is 357 g/mol. The van der Waals surface area contributed by atoms with Crippen LogP contribution in [0.4, 0.5) is 0 Å². The van der Waals surface area contributed by atoms with Crippen LogP contribution in [0.25, 0.3) is 0 Å². The van der Waals surface area contributed by atoms with Gasteiger partial charge in [0.1, 0.15) is 11.5 Å². The number of hydrogen-bond donors (Lipinski definition) is 3. The summed E-state index contributed by atoms with van der Waals surface area (Å²) in [7, 11) is 0. The minimum absolute atomic E-state index is 0.000401. The Morgan fingerprint density at radius 3 is 2.50 bits per heavy atom.